The van der Waals surface area contributed by atoms with Gasteiger partial charge in [0.1, 0.15) is 5.03 Å². The Morgan fingerprint density at radius 2 is 1.90 bits per heavy atom. The molecule has 0 atom stereocenters. The minimum Gasteiger partial charge on any atom is -0.478 e. The Bertz CT molecular complexity index is 671. The van der Waals surface area contributed by atoms with Crippen LogP contribution in [0.15, 0.2) is 46.3 Å². The van der Waals surface area contributed by atoms with Crippen molar-refractivity contribution in [2.45, 2.75) is 16.8 Å². The Balaban J connectivity index is 2.19. The highest BCUT2D eigenvalue weighted by atomic mass is 32.2. The minimum atomic E-state index is -1.01. The Morgan fingerprint density at radius 3 is 2.40 bits per heavy atom. The lowest BCUT2D eigenvalue weighted by atomic mass is 10.2. The first-order chi connectivity index (χ1) is 9.47. The smallest absolute Gasteiger partial charge is 0.337 e. The van der Waals surface area contributed by atoms with Crippen LogP contribution in [0.4, 0.5) is 5.69 Å². The Hall–Kier alpha value is -2.41. The number of nitrogens with zero attached hydrogens (tertiary/aromatic N) is 2. The van der Waals surface area contributed by atoms with E-state index in [0.717, 1.165) is 4.90 Å². The SMILES string of the molecule is Cc1nc(Sc2ccc([N+](=O)[O-])cc2)ccc1C(=O)O. The van der Waals surface area contributed by atoms with Crippen LogP contribution < -0.4 is 0 Å². The number of nitro groups is 1. The summed E-state index contributed by atoms with van der Waals surface area (Å²) in [6.45, 7) is 1.63. The Labute approximate surface area is 118 Å². The first-order valence-corrected chi connectivity index (χ1v) is 6.42. The molecule has 2 rings (SSSR count). The van der Waals surface area contributed by atoms with Crippen molar-refractivity contribution in [2.75, 3.05) is 0 Å². The summed E-state index contributed by atoms with van der Waals surface area (Å²) in [5.41, 5.74) is 0.627. The number of carboxylic acid groups (broad SMARTS) is 1. The molecule has 1 aromatic carbocycles. The third-order valence-electron chi connectivity index (χ3n) is 2.56. The molecule has 0 spiro atoms. The summed E-state index contributed by atoms with van der Waals surface area (Å²) in [4.78, 5) is 26.0. The second-order valence-electron chi connectivity index (χ2n) is 3.94. The summed E-state index contributed by atoms with van der Waals surface area (Å²) in [5, 5.41) is 20.1. The number of pyridine rings is 1. The molecule has 7 heteroatoms. The van der Waals surface area contributed by atoms with E-state index in [4.69, 9.17) is 5.11 Å². The largest absolute Gasteiger partial charge is 0.478 e. The minimum absolute atomic E-state index is 0.0275. The highest BCUT2D eigenvalue weighted by molar-refractivity contribution is 7.99. The zero-order valence-corrected chi connectivity index (χ0v) is 11.3. The number of carboxylic acids is 1. The molecule has 1 heterocycles. The molecule has 2 aromatic rings. The predicted molar refractivity (Wildman–Crippen MR) is 73.2 cm³/mol. The molecule has 0 unspecified atom stereocenters. The normalized spacial score (nSPS) is 10.2. The molecular weight excluding hydrogens is 280 g/mol. The molecule has 0 radical (unpaired) electrons. The average Bonchev–Trinajstić information content (AvgIpc) is 2.39. The maximum absolute atomic E-state index is 10.9. The fraction of sp³-hybridized carbons (Fsp3) is 0.0769. The van der Waals surface area contributed by atoms with Gasteiger partial charge < -0.3 is 5.11 Å². The van der Waals surface area contributed by atoms with E-state index in [1.54, 1.807) is 25.1 Å². The van der Waals surface area contributed by atoms with Crippen molar-refractivity contribution >= 4 is 23.4 Å². The topological polar surface area (TPSA) is 93.3 Å². The molecule has 0 aliphatic rings. The third-order valence-corrected chi connectivity index (χ3v) is 3.51. The molecule has 0 amide bonds. The number of nitro benzene ring substituents is 1. The fourth-order valence-electron chi connectivity index (χ4n) is 1.58. The van der Waals surface area contributed by atoms with Gasteiger partial charge in [-0.05, 0) is 31.2 Å². The Kier molecular flexibility index (Phi) is 3.99. The van der Waals surface area contributed by atoms with E-state index < -0.39 is 10.9 Å². The van der Waals surface area contributed by atoms with Crippen molar-refractivity contribution in [3.05, 3.63) is 57.8 Å². The quantitative estimate of drug-likeness (QED) is 0.686. The van der Waals surface area contributed by atoms with Crippen LogP contribution in [0.25, 0.3) is 0 Å². The number of non-ortho nitro benzene ring substituents is 1. The summed E-state index contributed by atoms with van der Waals surface area (Å²) >= 11 is 1.32. The summed E-state index contributed by atoms with van der Waals surface area (Å²) in [6, 6.07) is 9.21. The van der Waals surface area contributed by atoms with E-state index in [-0.39, 0.29) is 11.3 Å². The standard InChI is InChI=1S/C13H10N2O4S/c1-8-11(13(16)17)6-7-12(14-8)20-10-4-2-9(3-5-10)15(18)19/h2-7H,1H3,(H,16,17). The van der Waals surface area contributed by atoms with Gasteiger partial charge in [0.15, 0.2) is 0 Å². The number of hydrogen-bond donors (Lipinski definition) is 1. The number of carbonyl (C=O) groups is 1. The van der Waals surface area contributed by atoms with Crippen LogP contribution in [0, 0.1) is 17.0 Å². The summed E-state index contributed by atoms with van der Waals surface area (Å²) in [5.74, 6) is -1.01. The third kappa shape index (κ3) is 3.12. The monoisotopic (exact) mass is 290 g/mol. The van der Waals surface area contributed by atoms with E-state index in [0.29, 0.717) is 10.7 Å². The van der Waals surface area contributed by atoms with Crippen molar-refractivity contribution in [3.8, 4) is 0 Å². The second-order valence-corrected chi connectivity index (χ2v) is 5.03. The Morgan fingerprint density at radius 1 is 1.25 bits per heavy atom. The maximum Gasteiger partial charge on any atom is 0.337 e. The van der Waals surface area contributed by atoms with E-state index in [1.807, 2.05) is 0 Å². The zero-order chi connectivity index (χ0) is 14.7. The molecule has 0 saturated heterocycles. The van der Waals surface area contributed by atoms with Crippen LogP contribution in [0.2, 0.25) is 0 Å². The molecule has 1 aromatic heterocycles. The number of benzene rings is 1. The molecule has 0 fully saturated rings. The first-order valence-electron chi connectivity index (χ1n) is 5.60. The van der Waals surface area contributed by atoms with E-state index in [2.05, 4.69) is 4.98 Å². The molecule has 6 nitrogen and oxygen atoms in total. The lowest BCUT2D eigenvalue weighted by Crippen LogP contribution is -2.01. The van der Waals surface area contributed by atoms with Crippen molar-refractivity contribution in [3.63, 3.8) is 0 Å². The van der Waals surface area contributed by atoms with Crippen LogP contribution in [0.3, 0.4) is 0 Å². The van der Waals surface area contributed by atoms with Gasteiger partial charge >= 0.3 is 5.97 Å². The van der Waals surface area contributed by atoms with Gasteiger partial charge in [0.25, 0.3) is 5.69 Å². The highest BCUT2D eigenvalue weighted by Gasteiger charge is 2.10. The molecule has 0 saturated carbocycles. The van der Waals surface area contributed by atoms with Gasteiger partial charge in [-0.3, -0.25) is 10.1 Å². The summed E-state index contributed by atoms with van der Waals surface area (Å²) in [6.07, 6.45) is 0. The van der Waals surface area contributed by atoms with Gasteiger partial charge in [0.2, 0.25) is 0 Å². The summed E-state index contributed by atoms with van der Waals surface area (Å²) in [7, 11) is 0. The van der Waals surface area contributed by atoms with Gasteiger partial charge in [-0.1, -0.05) is 11.8 Å². The second kappa shape index (κ2) is 5.70. The van der Waals surface area contributed by atoms with Gasteiger partial charge in [-0.25, -0.2) is 9.78 Å². The van der Waals surface area contributed by atoms with Crippen molar-refractivity contribution in [1.82, 2.24) is 4.98 Å². The molecule has 0 aliphatic heterocycles. The van der Waals surface area contributed by atoms with Gasteiger partial charge in [-0.15, -0.1) is 0 Å². The van der Waals surface area contributed by atoms with Crippen LogP contribution >= 0.6 is 11.8 Å². The lowest BCUT2D eigenvalue weighted by molar-refractivity contribution is -0.384. The lowest BCUT2D eigenvalue weighted by Gasteiger charge is -2.04. The average molecular weight is 290 g/mol. The van der Waals surface area contributed by atoms with Crippen LogP contribution in [-0.4, -0.2) is 21.0 Å². The van der Waals surface area contributed by atoms with Crippen molar-refractivity contribution in [2.24, 2.45) is 0 Å². The highest BCUT2D eigenvalue weighted by Crippen LogP contribution is 2.28. The zero-order valence-electron chi connectivity index (χ0n) is 10.4. The molecule has 102 valence electrons. The van der Waals surface area contributed by atoms with E-state index >= 15 is 0 Å². The van der Waals surface area contributed by atoms with Gasteiger partial charge in [0.05, 0.1) is 16.2 Å². The van der Waals surface area contributed by atoms with Gasteiger partial charge in [-0.2, -0.15) is 0 Å². The number of aryl methyl sites for hydroxylation is 1. The molecule has 0 aliphatic carbocycles. The number of rotatable bonds is 4. The molecule has 0 bridgehead atoms. The molecule has 20 heavy (non-hydrogen) atoms. The molecule has 1 N–H and O–H groups in total. The number of aromatic carboxylic acids is 1. The van der Waals surface area contributed by atoms with Crippen molar-refractivity contribution < 1.29 is 14.8 Å². The maximum atomic E-state index is 10.9. The van der Waals surface area contributed by atoms with Crippen LogP contribution in [0.5, 0.6) is 0 Å². The summed E-state index contributed by atoms with van der Waals surface area (Å²) < 4.78 is 0. The van der Waals surface area contributed by atoms with E-state index in [1.165, 1.54) is 30.0 Å². The van der Waals surface area contributed by atoms with Crippen LogP contribution in [-0.2, 0) is 0 Å². The number of aromatic nitrogens is 1. The number of hydrogen-bond acceptors (Lipinski definition) is 5. The molecular formula is C13H10N2O4S. The first kappa shape index (κ1) is 14.0. The van der Waals surface area contributed by atoms with Gasteiger partial charge in [0, 0.05) is 17.0 Å². The van der Waals surface area contributed by atoms with Crippen LogP contribution in [0.1, 0.15) is 16.1 Å². The van der Waals surface area contributed by atoms with E-state index in [9.17, 15) is 14.9 Å². The predicted octanol–water partition coefficient (Wildman–Crippen LogP) is 3.15. The fourth-order valence-corrected chi connectivity index (χ4v) is 2.41. The van der Waals surface area contributed by atoms with Crippen molar-refractivity contribution in [1.29, 1.82) is 0 Å².